The number of fused-ring (bicyclic) bond motifs is 1. The first-order valence-electron chi connectivity index (χ1n) is 6.34. The molecule has 94 valence electrons. The van der Waals surface area contributed by atoms with Gasteiger partial charge in [-0.1, -0.05) is 0 Å². The van der Waals surface area contributed by atoms with Gasteiger partial charge in [0.05, 0.1) is 5.69 Å². The summed E-state index contributed by atoms with van der Waals surface area (Å²) in [4.78, 5) is 8.86. The van der Waals surface area contributed by atoms with E-state index >= 15 is 0 Å². The predicted molar refractivity (Wildman–Crippen MR) is 71.3 cm³/mol. The SMILES string of the molecule is NCCc1c(-c2cccnc2)nc2n1CCCN2. The van der Waals surface area contributed by atoms with Crippen LogP contribution in [0.2, 0.25) is 0 Å². The topological polar surface area (TPSA) is 68.8 Å². The number of nitrogens with zero attached hydrogens (tertiary/aromatic N) is 3. The van der Waals surface area contributed by atoms with Crippen molar-refractivity contribution in [1.29, 1.82) is 0 Å². The second kappa shape index (κ2) is 4.78. The fraction of sp³-hybridized carbons (Fsp3) is 0.385. The Morgan fingerprint density at radius 3 is 3.17 bits per heavy atom. The zero-order valence-corrected chi connectivity index (χ0v) is 10.3. The molecule has 2 aromatic heterocycles. The summed E-state index contributed by atoms with van der Waals surface area (Å²) < 4.78 is 2.25. The third kappa shape index (κ3) is 1.86. The second-order valence-electron chi connectivity index (χ2n) is 4.44. The summed E-state index contributed by atoms with van der Waals surface area (Å²) in [5.41, 5.74) is 9.01. The van der Waals surface area contributed by atoms with Gasteiger partial charge in [-0.05, 0) is 25.1 Å². The molecule has 1 aliphatic rings. The Bertz CT molecular complexity index is 532. The van der Waals surface area contributed by atoms with Crippen LogP contribution in [0.1, 0.15) is 12.1 Å². The number of nitrogens with one attached hydrogen (secondary N) is 1. The van der Waals surface area contributed by atoms with Crippen molar-refractivity contribution in [2.24, 2.45) is 5.73 Å². The van der Waals surface area contributed by atoms with E-state index in [4.69, 9.17) is 10.7 Å². The number of imidazole rings is 1. The number of hydrogen-bond donors (Lipinski definition) is 2. The maximum absolute atomic E-state index is 5.72. The molecular weight excluding hydrogens is 226 g/mol. The highest BCUT2D eigenvalue weighted by atomic mass is 15.2. The van der Waals surface area contributed by atoms with Crippen LogP contribution in [0.5, 0.6) is 0 Å². The van der Waals surface area contributed by atoms with Crippen LogP contribution in [0.25, 0.3) is 11.3 Å². The first-order chi connectivity index (χ1) is 8.90. The molecule has 0 aromatic carbocycles. The van der Waals surface area contributed by atoms with E-state index < -0.39 is 0 Å². The van der Waals surface area contributed by atoms with Gasteiger partial charge in [0.15, 0.2) is 0 Å². The molecular formula is C13H17N5. The second-order valence-corrected chi connectivity index (χ2v) is 4.44. The first kappa shape index (κ1) is 11.2. The highest BCUT2D eigenvalue weighted by Crippen LogP contribution is 2.28. The standard InChI is InChI=1S/C13H17N5/c14-5-4-11-12(10-3-1-6-15-9-10)17-13-16-7-2-8-18(11)13/h1,3,6,9H,2,4-5,7-8,14H2,(H,16,17). The summed E-state index contributed by atoms with van der Waals surface area (Å²) in [7, 11) is 0. The quantitative estimate of drug-likeness (QED) is 0.851. The number of nitrogens with two attached hydrogens (primary N) is 1. The molecule has 1 aliphatic heterocycles. The van der Waals surface area contributed by atoms with E-state index in [9.17, 15) is 0 Å². The van der Waals surface area contributed by atoms with E-state index in [1.54, 1.807) is 6.20 Å². The molecule has 0 fully saturated rings. The molecule has 5 nitrogen and oxygen atoms in total. The number of pyridine rings is 1. The van der Waals surface area contributed by atoms with Crippen LogP contribution in [-0.4, -0.2) is 27.6 Å². The Hall–Kier alpha value is -1.88. The van der Waals surface area contributed by atoms with Crippen molar-refractivity contribution in [2.45, 2.75) is 19.4 Å². The Morgan fingerprint density at radius 1 is 1.44 bits per heavy atom. The summed E-state index contributed by atoms with van der Waals surface area (Å²) in [5, 5.41) is 3.34. The molecule has 18 heavy (non-hydrogen) atoms. The third-order valence-electron chi connectivity index (χ3n) is 3.23. The summed E-state index contributed by atoms with van der Waals surface area (Å²) in [6.45, 7) is 2.65. The van der Waals surface area contributed by atoms with Gasteiger partial charge in [0.1, 0.15) is 0 Å². The van der Waals surface area contributed by atoms with Crippen molar-refractivity contribution in [3.63, 3.8) is 0 Å². The molecule has 0 unspecified atom stereocenters. The van der Waals surface area contributed by atoms with Crippen molar-refractivity contribution in [3.8, 4) is 11.3 Å². The lowest BCUT2D eigenvalue weighted by molar-refractivity contribution is 0.603. The van der Waals surface area contributed by atoms with E-state index in [-0.39, 0.29) is 0 Å². The monoisotopic (exact) mass is 243 g/mol. The number of anilines is 1. The van der Waals surface area contributed by atoms with Gasteiger partial charge in [-0.25, -0.2) is 4.98 Å². The van der Waals surface area contributed by atoms with Crippen LogP contribution in [-0.2, 0) is 13.0 Å². The number of rotatable bonds is 3. The summed E-state index contributed by atoms with van der Waals surface area (Å²) in [6.07, 6.45) is 5.61. The average Bonchev–Trinajstić information content (AvgIpc) is 2.80. The van der Waals surface area contributed by atoms with Crippen LogP contribution in [0.15, 0.2) is 24.5 Å². The molecule has 0 aliphatic carbocycles. The van der Waals surface area contributed by atoms with Gasteiger partial charge in [-0.3, -0.25) is 4.98 Å². The molecule has 5 heteroatoms. The summed E-state index contributed by atoms with van der Waals surface area (Å²) in [5.74, 6) is 0.962. The molecule has 3 heterocycles. The molecule has 3 rings (SSSR count). The Kier molecular flexibility index (Phi) is 2.98. The Morgan fingerprint density at radius 2 is 2.39 bits per heavy atom. The zero-order valence-electron chi connectivity index (χ0n) is 10.3. The third-order valence-corrected chi connectivity index (χ3v) is 3.23. The summed E-state index contributed by atoms with van der Waals surface area (Å²) in [6, 6.07) is 3.98. The van der Waals surface area contributed by atoms with Crippen molar-refractivity contribution >= 4 is 5.95 Å². The normalized spacial score (nSPS) is 14.1. The van der Waals surface area contributed by atoms with E-state index in [2.05, 4.69) is 14.9 Å². The van der Waals surface area contributed by atoms with Crippen LogP contribution in [0, 0.1) is 0 Å². The fourth-order valence-electron chi connectivity index (χ4n) is 2.42. The molecule has 0 bridgehead atoms. The minimum absolute atomic E-state index is 0.637. The summed E-state index contributed by atoms with van der Waals surface area (Å²) >= 11 is 0. The lowest BCUT2D eigenvalue weighted by Crippen LogP contribution is -2.19. The van der Waals surface area contributed by atoms with Gasteiger partial charge in [-0.15, -0.1) is 0 Å². The molecule has 2 aromatic rings. The predicted octanol–water partition coefficient (Wildman–Crippen LogP) is 1.26. The van der Waals surface area contributed by atoms with Crippen molar-refractivity contribution < 1.29 is 0 Å². The van der Waals surface area contributed by atoms with E-state index in [1.165, 1.54) is 5.69 Å². The van der Waals surface area contributed by atoms with E-state index in [0.717, 1.165) is 43.1 Å². The van der Waals surface area contributed by atoms with Crippen molar-refractivity contribution in [2.75, 3.05) is 18.4 Å². The van der Waals surface area contributed by atoms with Crippen LogP contribution in [0.3, 0.4) is 0 Å². The fourth-order valence-corrected chi connectivity index (χ4v) is 2.42. The highest BCUT2D eigenvalue weighted by Gasteiger charge is 2.19. The molecule has 0 saturated heterocycles. The van der Waals surface area contributed by atoms with Gasteiger partial charge in [0, 0.05) is 43.2 Å². The highest BCUT2D eigenvalue weighted by molar-refractivity contribution is 5.64. The van der Waals surface area contributed by atoms with E-state index in [1.807, 2.05) is 18.3 Å². The minimum Gasteiger partial charge on any atom is -0.356 e. The zero-order chi connectivity index (χ0) is 12.4. The first-order valence-corrected chi connectivity index (χ1v) is 6.34. The molecule has 0 radical (unpaired) electrons. The van der Waals surface area contributed by atoms with Gasteiger partial charge >= 0.3 is 0 Å². The van der Waals surface area contributed by atoms with Gasteiger partial charge < -0.3 is 15.6 Å². The molecule has 0 atom stereocenters. The van der Waals surface area contributed by atoms with Gasteiger partial charge in [-0.2, -0.15) is 0 Å². The maximum Gasteiger partial charge on any atom is 0.203 e. The smallest absolute Gasteiger partial charge is 0.203 e. The lowest BCUT2D eigenvalue weighted by Gasteiger charge is -2.17. The van der Waals surface area contributed by atoms with Crippen LogP contribution >= 0.6 is 0 Å². The molecule has 0 spiro atoms. The van der Waals surface area contributed by atoms with Gasteiger partial charge in [0.2, 0.25) is 5.95 Å². The molecule has 3 N–H and O–H groups in total. The van der Waals surface area contributed by atoms with Crippen molar-refractivity contribution in [3.05, 3.63) is 30.2 Å². The lowest BCUT2D eigenvalue weighted by atomic mass is 10.1. The largest absolute Gasteiger partial charge is 0.356 e. The van der Waals surface area contributed by atoms with Crippen LogP contribution < -0.4 is 11.1 Å². The van der Waals surface area contributed by atoms with Gasteiger partial charge in [0.25, 0.3) is 0 Å². The molecule has 0 saturated carbocycles. The number of aromatic nitrogens is 3. The minimum atomic E-state index is 0.637. The van der Waals surface area contributed by atoms with E-state index in [0.29, 0.717) is 6.54 Å². The Labute approximate surface area is 106 Å². The Balaban J connectivity index is 2.11. The van der Waals surface area contributed by atoms with Crippen molar-refractivity contribution in [1.82, 2.24) is 14.5 Å². The number of hydrogen-bond acceptors (Lipinski definition) is 4. The van der Waals surface area contributed by atoms with Crippen LogP contribution in [0.4, 0.5) is 5.95 Å². The maximum atomic E-state index is 5.72. The molecule has 0 amide bonds. The average molecular weight is 243 g/mol.